The molecule has 0 aliphatic rings. The second kappa shape index (κ2) is 11.7. The lowest BCUT2D eigenvalue weighted by molar-refractivity contribution is 1.18. The quantitative estimate of drug-likeness (QED) is 0.185. The van der Waals surface area contributed by atoms with Crippen LogP contribution in [0.1, 0.15) is 0 Å². The Hall–Kier alpha value is -6.36. The fourth-order valence-corrected chi connectivity index (χ4v) is 8.43. The average molecular weight is 656 g/mol. The van der Waals surface area contributed by atoms with Gasteiger partial charge < -0.3 is 4.57 Å². The van der Waals surface area contributed by atoms with Crippen LogP contribution in [0.3, 0.4) is 0 Å². The molecule has 0 N–H and O–H groups in total. The molecular weight excluding hydrogens is 627 g/mol. The monoisotopic (exact) mass is 655 g/mol. The Morgan fingerprint density at radius 1 is 0.400 bits per heavy atom. The molecule has 3 heterocycles. The van der Waals surface area contributed by atoms with E-state index in [0.717, 1.165) is 43.9 Å². The van der Waals surface area contributed by atoms with E-state index in [1.807, 2.05) is 24.3 Å². The number of rotatable bonds is 5. The molecule has 10 rings (SSSR count). The molecular formula is C46H29N3S. The van der Waals surface area contributed by atoms with Crippen molar-refractivity contribution in [1.29, 1.82) is 0 Å². The lowest BCUT2D eigenvalue weighted by Crippen LogP contribution is -1.94. The number of nitrogens with zero attached hydrogens (tertiary/aromatic N) is 3. The number of hydrogen-bond acceptors (Lipinski definition) is 3. The second-order valence-corrected chi connectivity index (χ2v) is 13.7. The van der Waals surface area contributed by atoms with Gasteiger partial charge in [-0.25, -0.2) is 9.97 Å². The Labute approximate surface area is 293 Å². The zero-order valence-corrected chi connectivity index (χ0v) is 27.8. The van der Waals surface area contributed by atoms with Gasteiger partial charge in [-0.1, -0.05) is 140 Å². The van der Waals surface area contributed by atoms with Crippen LogP contribution in [-0.2, 0) is 0 Å². The van der Waals surface area contributed by atoms with Crippen molar-refractivity contribution in [2.75, 3.05) is 0 Å². The second-order valence-electron chi connectivity index (χ2n) is 12.6. The Morgan fingerprint density at radius 3 is 1.66 bits per heavy atom. The predicted octanol–water partition coefficient (Wildman–Crippen LogP) is 12.6. The first-order valence-electron chi connectivity index (χ1n) is 16.8. The molecule has 7 aromatic carbocycles. The zero-order valence-electron chi connectivity index (χ0n) is 27.0. The molecule has 10 aromatic rings. The van der Waals surface area contributed by atoms with Gasteiger partial charge in [-0.3, -0.25) is 0 Å². The summed E-state index contributed by atoms with van der Waals surface area (Å²) in [7, 11) is 0. The first-order valence-corrected chi connectivity index (χ1v) is 17.6. The van der Waals surface area contributed by atoms with Crippen LogP contribution in [0.25, 0.3) is 92.7 Å². The van der Waals surface area contributed by atoms with Gasteiger partial charge in [-0.15, -0.1) is 11.3 Å². The van der Waals surface area contributed by atoms with Gasteiger partial charge in [0.05, 0.1) is 26.9 Å². The maximum Gasteiger partial charge on any atom is 0.160 e. The van der Waals surface area contributed by atoms with E-state index in [9.17, 15) is 0 Å². The normalized spacial score (nSPS) is 11.6. The minimum Gasteiger partial charge on any atom is -0.309 e. The molecule has 0 aliphatic heterocycles. The molecule has 0 saturated heterocycles. The van der Waals surface area contributed by atoms with Gasteiger partial charge in [0, 0.05) is 37.7 Å². The number of fused-ring (bicyclic) bond motifs is 6. The van der Waals surface area contributed by atoms with E-state index in [1.54, 1.807) is 11.3 Å². The molecule has 0 radical (unpaired) electrons. The minimum absolute atomic E-state index is 0.747. The molecule has 0 bridgehead atoms. The highest BCUT2D eigenvalue weighted by atomic mass is 32.1. The summed E-state index contributed by atoms with van der Waals surface area (Å²) in [6.07, 6.45) is 0. The first-order chi connectivity index (χ1) is 24.8. The Bertz CT molecular complexity index is 2810. The van der Waals surface area contributed by atoms with Crippen LogP contribution in [-0.4, -0.2) is 14.5 Å². The van der Waals surface area contributed by atoms with E-state index in [-0.39, 0.29) is 0 Å². The zero-order chi connectivity index (χ0) is 33.0. The van der Waals surface area contributed by atoms with Crippen LogP contribution in [0.2, 0.25) is 0 Å². The highest BCUT2D eigenvalue weighted by molar-refractivity contribution is 7.26. The van der Waals surface area contributed by atoms with Crippen molar-refractivity contribution in [3.63, 3.8) is 0 Å². The Balaban J connectivity index is 1.08. The highest BCUT2D eigenvalue weighted by Gasteiger charge is 2.17. The minimum atomic E-state index is 0.747. The largest absolute Gasteiger partial charge is 0.309 e. The number of para-hydroxylation sites is 2. The summed E-state index contributed by atoms with van der Waals surface area (Å²) in [5.74, 6) is 0.747. The molecule has 0 aliphatic carbocycles. The third-order valence-electron chi connectivity index (χ3n) is 9.61. The van der Waals surface area contributed by atoms with Crippen molar-refractivity contribution in [2.45, 2.75) is 0 Å². The van der Waals surface area contributed by atoms with Crippen LogP contribution in [0, 0.1) is 0 Å². The van der Waals surface area contributed by atoms with E-state index >= 15 is 0 Å². The fraction of sp³-hybridized carbons (Fsp3) is 0. The van der Waals surface area contributed by atoms with Gasteiger partial charge in [-0.05, 0) is 58.7 Å². The van der Waals surface area contributed by atoms with Crippen molar-refractivity contribution in [3.8, 4) is 50.6 Å². The van der Waals surface area contributed by atoms with Gasteiger partial charge in [0.1, 0.15) is 0 Å². The van der Waals surface area contributed by atoms with Gasteiger partial charge >= 0.3 is 0 Å². The highest BCUT2D eigenvalue weighted by Crippen LogP contribution is 2.41. The summed E-state index contributed by atoms with van der Waals surface area (Å²) in [5, 5.41) is 3.69. The fourth-order valence-electron chi connectivity index (χ4n) is 7.23. The Morgan fingerprint density at radius 2 is 0.960 bits per heavy atom. The summed E-state index contributed by atoms with van der Waals surface area (Å²) in [5.41, 5.74) is 12.4. The van der Waals surface area contributed by atoms with Gasteiger partial charge in [-0.2, -0.15) is 0 Å². The van der Waals surface area contributed by atoms with Crippen molar-refractivity contribution < 1.29 is 0 Å². The number of aromatic nitrogens is 3. The molecule has 0 amide bonds. The van der Waals surface area contributed by atoms with Crippen LogP contribution in [0.15, 0.2) is 176 Å². The molecule has 4 heteroatoms. The molecule has 50 heavy (non-hydrogen) atoms. The van der Waals surface area contributed by atoms with E-state index in [2.05, 4.69) is 156 Å². The first kappa shape index (κ1) is 28.6. The van der Waals surface area contributed by atoms with Crippen molar-refractivity contribution >= 4 is 53.4 Å². The van der Waals surface area contributed by atoms with Crippen molar-refractivity contribution in [3.05, 3.63) is 176 Å². The van der Waals surface area contributed by atoms with Crippen molar-refractivity contribution in [1.82, 2.24) is 14.5 Å². The lowest BCUT2D eigenvalue weighted by Gasteiger charge is -2.11. The van der Waals surface area contributed by atoms with E-state index in [0.29, 0.717) is 0 Å². The topological polar surface area (TPSA) is 30.7 Å². The molecule has 0 saturated carbocycles. The molecule has 234 valence electrons. The SMILES string of the molecule is c1ccc(-c2nc(-c3ccccc3)c3sc4cc(-c5cccc(-c6cccc(-n7c8ccccc8c8ccccc87)c6)c5)ccc4c3n2)cc1. The maximum absolute atomic E-state index is 5.14. The number of hydrogen-bond donors (Lipinski definition) is 0. The molecule has 0 atom stereocenters. The van der Waals surface area contributed by atoms with E-state index in [1.165, 1.54) is 48.8 Å². The lowest BCUT2D eigenvalue weighted by atomic mass is 9.98. The smallest absolute Gasteiger partial charge is 0.160 e. The predicted molar refractivity (Wildman–Crippen MR) is 211 cm³/mol. The summed E-state index contributed by atoms with van der Waals surface area (Å²) in [4.78, 5) is 10.3. The van der Waals surface area contributed by atoms with Gasteiger partial charge in [0.15, 0.2) is 5.82 Å². The molecule has 3 nitrogen and oxygen atoms in total. The molecule has 0 unspecified atom stereocenters. The van der Waals surface area contributed by atoms with Gasteiger partial charge in [0.2, 0.25) is 0 Å². The van der Waals surface area contributed by atoms with Crippen LogP contribution < -0.4 is 0 Å². The third-order valence-corrected chi connectivity index (χ3v) is 10.8. The Kier molecular flexibility index (Phi) is 6.68. The van der Waals surface area contributed by atoms with Gasteiger partial charge in [0.25, 0.3) is 0 Å². The number of benzene rings is 7. The van der Waals surface area contributed by atoms with E-state index in [4.69, 9.17) is 9.97 Å². The van der Waals surface area contributed by atoms with Crippen molar-refractivity contribution in [2.24, 2.45) is 0 Å². The summed E-state index contributed by atoms with van der Waals surface area (Å²) in [6.45, 7) is 0. The van der Waals surface area contributed by atoms with Crippen LogP contribution in [0.5, 0.6) is 0 Å². The molecule has 3 aromatic heterocycles. The summed E-state index contributed by atoms with van der Waals surface area (Å²) < 4.78 is 4.69. The van der Waals surface area contributed by atoms with Crippen LogP contribution >= 0.6 is 11.3 Å². The number of thiophene rings is 1. The average Bonchev–Trinajstić information content (AvgIpc) is 3.74. The van der Waals surface area contributed by atoms with Crippen LogP contribution in [0.4, 0.5) is 0 Å². The molecule has 0 spiro atoms. The van der Waals surface area contributed by atoms with E-state index < -0.39 is 0 Å². The molecule has 0 fully saturated rings. The summed E-state index contributed by atoms with van der Waals surface area (Å²) >= 11 is 1.77. The maximum atomic E-state index is 5.14. The standard InChI is InChI=1S/C46H29N3S/c1-3-13-30(14-4-1)43-45-44(48-46(47-43)31-15-5-2-6-16-31)39-26-25-35(29-42(39)50-45)33-18-11-17-32(27-33)34-19-12-20-36(28-34)49-40-23-9-7-21-37(40)38-22-8-10-24-41(38)49/h1-29H. The third kappa shape index (κ3) is 4.73. The summed E-state index contributed by atoms with van der Waals surface area (Å²) in [6, 6.07) is 62.6.